The molecule has 2 bridgehead atoms. The quantitative estimate of drug-likeness (QED) is 0.695. The lowest BCUT2D eigenvalue weighted by Gasteiger charge is -2.46. The lowest BCUT2D eigenvalue weighted by molar-refractivity contribution is 0.0157. The fourth-order valence-electron chi connectivity index (χ4n) is 2.62. The number of nitrogens with zero attached hydrogens (tertiary/aromatic N) is 3. The van der Waals surface area contributed by atoms with Crippen LogP contribution in [0.5, 0.6) is 0 Å². The summed E-state index contributed by atoms with van der Waals surface area (Å²) in [6.45, 7) is 4.57. The van der Waals surface area contributed by atoms with E-state index in [0.29, 0.717) is 0 Å². The van der Waals surface area contributed by atoms with Crippen LogP contribution in [-0.4, -0.2) is 59.3 Å². The van der Waals surface area contributed by atoms with Crippen LogP contribution in [0.15, 0.2) is 18.5 Å². The van der Waals surface area contributed by atoms with E-state index >= 15 is 0 Å². The van der Waals surface area contributed by atoms with Crippen LogP contribution < -0.4 is 0 Å². The Morgan fingerprint density at radius 1 is 1.35 bits per heavy atom. The number of ketones is 1. The van der Waals surface area contributed by atoms with E-state index in [2.05, 4.69) is 14.8 Å². The minimum absolute atomic E-state index is 0.116. The van der Waals surface area contributed by atoms with E-state index in [1.54, 1.807) is 0 Å². The number of fused-ring (bicyclic) bond motifs is 3. The highest BCUT2D eigenvalue weighted by Gasteiger charge is 2.37. The Morgan fingerprint density at radius 2 is 2.12 bits per heavy atom. The van der Waals surface area contributed by atoms with Gasteiger partial charge in [-0.05, 0) is 6.07 Å². The summed E-state index contributed by atoms with van der Waals surface area (Å²) >= 11 is 0. The molecule has 4 nitrogen and oxygen atoms in total. The van der Waals surface area contributed by atoms with Crippen molar-refractivity contribution in [1.29, 1.82) is 0 Å². The summed E-state index contributed by atoms with van der Waals surface area (Å²) in [6, 6.07) is 1.28. The van der Waals surface area contributed by atoms with E-state index in [1.165, 1.54) is 12.3 Å². The number of carbonyl (C=O) groups is 1. The van der Waals surface area contributed by atoms with Gasteiger partial charge in [0, 0.05) is 38.9 Å². The van der Waals surface area contributed by atoms with Gasteiger partial charge in [0.05, 0.1) is 17.8 Å². The molecule has 5 heteroatoms. The van der Waals surface area contributed by atoms with Gasteiger partial charge >= 0.3 is 0 Å². The Labute approximate surface area is 99.0 Å². The fraction of sp³-hybridized carbons (Fsp3) is 0.500. The maximum atomic E-state index is 13.5. The highest BCUT2D eigenvalue weighted by atomic mass is 19.1. The SMILES string of the molecule is O=C(c1ccncc1F)C1CN2CCN1CC2. The number of carbonyl (C=O) groups excluding carboxylic acids is 1. The van der Waals surface area contributed by atoms with Crippen molar-refractivity contribution in [1.82, 2.24) is 14.8 Å². The Balaban J connectivity index is 1.85. The highest BCUT2D eigenvalue weighted by Crippen LogP contribution is 2.20. The molecule has 0 saturated carbocycles. The largest absolute Gasteiger partial charge is 0.299 e. The predicted molar refractivity (Wildman–Crippen MR) is 60.3 cm³/mol. The van der Waals surface area contributed by atoms with Gasteiger partial charge in [-0.1, -0.05) is 0 Å². The summed E-state index contributed by atoms with van der Waals surface area (Å²) in [6.07, 6.45) is 2.57. The van der Waals surface area contributed by atoms with Crippen molar-refractivity contribution in [3.05, 3.63) is 29.8 Å². The summed E-state index contributed by atoms with van der Waals surface area (Å²) < 4.78 is 13.5. The van der Waals surface area contributed by atoms with Gasteiger partial charge in [-0.2, -0.15) is 0 Å². The van der Waals surface area contributed by atoms with E-state index < -0.39 is 5.82 Å². The molecule has 1 unspecified atom stereocenters. The van der Waals surface area contributed by atoms with Crippen LogP contribution in [-0.2, 0) is 0 Å². The van der Waals surface area contributed by atoms with Crippen molar-refractivity contribution in [2.45, 2.75) is 6.04 Å². The second kappa shape index (κ2) is 4.16. The van der Waals surface area contributed by atoms with Crippen molar-refractivity contribution in [3.8, 4) is 0 Å². The summed E-state index contributed by atoms with van der Waals surface area (Å²) in [5.41, 5.74) is 0.166. The first-order chi connectivity index (χ1) is 8.25. The molecule has 0 N–H and O–H groups in total. The number of halogens is 1. The molecule has 4 rings (SSSR count). The second-order valence-corrected chi connectivity index (χ2v) is 4.57. The van der Waals surface area contributed by atoms with Crippen LogP contribution in [0.25, 0.3) is 0 Å². The maximum absolute atomic E-state index is 13.5. The molecule has 3 aliphatic rings. The first kappa shape index (κ1) is 10.8. The monoisotopic (exact) mass is 235 g/mol. The smallest absolute Gasteiger partial charge is 0.184 e. The standard InChI is InChI=1S/C12H14FN3O/c13-10-7-14-2-1-9(10)12(17)11-8-15-3-5-16(11)6-4-15/h1-2,7,11H,3-6,8H2. The Bertz CT molecular complexity index is 443. The highest BCUT2D eigenvalue weighted by molar-refractivity contribution is 6.00. The van der Waals surface area contributed by atoms with Crippen LogP contribution >= 0.6 is 0 Å². The van der Waals surface area contributed by atoms with E-state index in [4.69, 9.17) is 0 Å². The number of pyridine rings is 1. The third-order valence-corrected chi connectivity index (χ3v) is 3.62. The van der Waals surface area contributed by atoms with Gasteiger partial charge in [0.2, 0.25) is 0 Å². The minimum Gasteiger partial charge on any atom is -0.299 e. The van der Waals surface area contributed by atoms with Gasteiger partial charge in [-0.15, -0.1) is 0 Å². The topological polar surface area (TPSA) is 36.4 Å². The van der Waals surface area contributed by atoms with Gasteiger partial charge < -0.3 is 0 Å². The van der Waals surface area contributed by atoms with Gasteiger partial charge in [-0.3, -0.25) is 19.6 Å². The molecule has 0 amide bonds. The van der Waals surface area contributed by atoms with E-state index in [0.717, 1.165) is 38.9 Å². The maximum Gasteiger partial charge on any atom is 0.184 e. The average molecular weight is 235 g/mol. The molecule has 1 atom stereocenters. The number of Topliss-reactive ketones (excluding diaryl/α,β-unsaturated/α-hetero) is 1. The average Bonchev–Trinajstić information content (AvgIpc) is 2.40. The summed E-state index contributed by atoms with van der Waals surface area (Å²) in [5.74, 6) is -0.635. The lowest BCUT2D eigenvalue weighted by Crippen LogP contribution is -2.63. The second-order valence-electron chi connectivity index (χ2n) is 4.57. The lowest BCUT2D eigenvalue weighted by atomic mass is 9.98. The summed E-state index contributed by atoms with van der Waals surface area (Å²) in [4.78, 5) is 20.4. The van der Waals surface area contributed by atoms with Crippen LogP contribution in [0.3, 0.4) is 0 Å². The van der Waals surface area contributed by atoms with Crippen molar-refractivity contribution in [2.24, 2.45) is 0 Å². The number of piperazine rings is 3. The zero-order chi connectivity index (χ0) is 11.8. The molecular weight excluding hydrogens is 221 g/mol. The van der Waals surface area contributed by atoms with Crippen LogP contribution in [0.1, 0.15) is 10.4 Å². The first-order valence-corrected chi connectivity index (χ1v) is 5.86. The predicted octanol–water partition coefficient (Wildman–Crippen LogP) is 0.403. The van der Waals surface area contributed by atoms with Crippen molar-refractivity contribution < 1.29 is 9.18 Å². The number of aromatic nitrogens is 1. The molecule has 1 aromatic rings. The van der Waals surface area contributed by atoms with Crippen molar-refractivity contribution >= 4 is 5.78 Å². The van der Waals surface area contributed by atoms with Crippen LogP contribution in [0.4, 0.5) is 4.39 Å². The third kappa shape index (κ3) is 1.85. The molecule has 0 aliphatic carbocycles. The van der Waals surface area contributed by atoms with Crippen molar-refractivity contribution in [3.63, 3.8) is 0 Å². The van der Waals surface area contributed by atoms with E-state index in [-0.39, 0.29) is 17.4 Å². The zero-order valence-corrected chi connectivity index (χ0v) is 9.47. The van der Waals surface area contributed by atoms with Gasteiger partial charge in [0.1, 0.15) is 0 Å². The molecule has 0 radical (unpaired) electrons. The summed E-state index contributed by atoms with van der Waals surface area (Å²) in [5, 5.41) is 0. The molecule has 17 heavy (non-hydrogen) atoms. The molecule has 3 aliphatic heterocycles. The van der Waals surface area contributed by atoms with E-state index in [9.17, 15) is 9.18 Å². The van der Waals surface area contributed by atoms with Gasteiger partial charge in [-0.25, -0.2) is 4.39 Å². The molecule has 1 aromatic heterocycles. The minimum atomic E-state index is -0.518. The Hall–Kier alpha value is -1.33. The number of hydrogen-bond donors (Lipinski definition) is 0. The molecule has 0 spiro atoms. The van der Waals surface area contributed by atoms with Crippen molar-refractivity contribution in [2.75, 3.05) is 32.7 Å². The van der Waals surface area contributed by atoms with Crippen LogP contribution in [0.2, 0.25) is 0 Å². The molecular formula is C12H14FN3O. The van der Waals surface area contributed by atoms with Crippen LogP contribution in [0, 0.1) is 5.82 Å². The normalized spacial score (nSPS) is 31.5. The van der Waals surface area contributed by atoms with Gasteiger partial charge in [0.25, 0.3) is 0 Å². The third-order valence-electron chi connectivity index (χ3n) is 3.62. The Kier molecular flexibility index (Phi) is 2.64. The van der Waals surface area contributed by atoms with Gasteiger partial charge in [0.15, 0.2) is 11.6 Å². The Morgan fingerprint density at radius 3 is 2.71 bits per heavy atom. The molecule has 0 aromatic carbocycles. The number of rotatable bonds is 2. The fourth-order valence-corrected chi connectivity index (χ4v) is 2.62. The summed E-state index contributed by atoms with van der Waals surface area (Å²) in [7, 11) is 0. The molecule has 3 fully saturated rings. The molecule has 4 heterocycles. The van der Waals surface area contributed by atoms with E-state index in [1.807, 2.05) is 0 Å². The first-order valence-electron chi connectivity index (χ1n) is 5.86. The molecule has 90 valence electrons. The molecule has 3 saturated heterocycles. The number of hydrogen-bond acceptors (Lipinski definition) is 4. The zero-order valence-electron chi connectivity index (χ0n) is 9.47.